The molecule has 1 N–H and O–H groups in total. The summed E-state index contributed by atoms with van der Waals surface area (Å²) in [6.07, 6.45) is 3.39. The number of nitrogens with zero attached hydrogens (tertiary/aromatic N) is 4. The smallest absolute Gasteiger partial charge is 0.230 e. The predicted octanol–water partition coefficient (Wildman–Crippen LogP) is 5.66. The number of hydrogen-bond acceptors (Lipinski definition) is 6. The van der Waals surface area contributed by atoms with Gasteiger partial charge in [-0.15, -0.1) is 16.8 Å². The van der Waals surface area contributed by atoms with Crippen LogP contribution in [0.5, 0.6) is 0 Å². The summed E-state index contributed by atoms with van der Waals surface area (Å²) in [7, 11) is 0. The summed E-state index contributed by atoms with van der Waals surface area (Å²) >= 11 is 1.34. The van der Waals surface area contributed by atoms with Crippen LogP contribution in [-0.4, -0.2) is 31.4 Å². The van der Waals surface area contributed by atoms with Gasteiger partial charge in [0.05, 0.1) is 29.8 Å². The molecule has 0 spiro atoms. The minimum absolute atomic E-state index is 0.109. The summed E-state index contributed by atoms with van der Waals surface area (Å²) in [4.78, 5) is 17.3. The molecule has 7 nitrogen and oxygen atoms in total. The Morgan fingerprint density at radius 3 is 2.72 bits per heavy atom. The van der Waals surface area contributed by atoms with E-state index in [-0.39, 0.29) is 11.7 Å². The van der Waals surface area contributed by atoms with Gasteiger partial charge in [-0.3, -0.25) is 9.36 Å². The van der Waals surface area contributed by atoms with Crippen molar-refractivity contribution in [1.29, 1.82) is 0 Å². The molecule has 0 atom stereocenters. The number of allylic oxidation sites excluding steroid dienone is 1. The summed E-state index contributed by atoms with van der Waals surface area (Å²) in [5.74, 6) is 1.52. The van der Waals surface area contributed by atoms with E-state index >= 15 is 0 Å². The van der Waals surface area contributed by atoms with Gasteiger partial charge in [-0.1, -0.05) is 65.9 Å². The van der Waals surface area contributed by atoms with Crippen LogP contribution in [0.3, 0.4) is 0 Å². The SMILES string of the molecule is C=CCn1c(SCC(=O)NCc2ccco2)nnc1-c1cc(-c2ccc(C)cc2)nc2ccccc12. The second-order valence-corrected chi connectivity index (χ2v) is 9.23. The molecule has 5 rings (SSSR count). The highest BCUT2D eigenvalue weighted by Crippen LogP contribution is 2.33. The Morgan fingerprint density at radius 2 is 1.94 bits per heavy atom. The number of hydrogen-bond donors (Lipinski definition) is 1. The van der Waals surface area contributed by atoms with E-state index in [1.165, 1.54) is 17.3 Å². The molecule has 8 heteroatoms. The molecule has 0 bridgehead atoms. The lowest BCUT2D eigenvalue weighted by molar-refractivity contribution is -0.118. The maximum atomic E-state index is 12.4. The molecule has 3 aromatic heterocycles. The summed E-state index contributed by atoms with van der Waals surface area (Å²) in [6.45, 7) is 6.84. The molecular formula is C28H25N5O2S. The fourth-order valence-corrected chi connectivity index (χ4v) is 4.68. The van der Waals surface area contributed by atoms with Gasteiger partial charge in [0.15, 0.2) is 11.0 Å². The zero-order chi connectivity index (χ0) is 24.9. The number of nitrogens with one attached hydrogen (secondary N) is 1. The van der Waals surface area contributed by atoms with Gasteiger partial charge >= 0.3 is 0 Å². The quantitative estimate of drug-likeness (QED) is 0.210. The first-order valence-corrected chi connectivity index (χ1v) is 12.5. The molecule has 2 aromatic carbocycles. The molecule has 0 saturated heterocycles. The number of thioether (sulfide) groups is 1. The molecule has 0 aliphatic heterocycles. The van der Waals surface area contributed by atoms with E-state index in [0.717, 1.165) is 27.7 Å². The summed E-state index contributed by atoms with van der Waals surface area (Å²) in [5, 5.41) is 13.5. The number of carbonyl (C=O) groups is 1. The molecule has 180 valence electrons. The van der Waals surface area contributed by atoms with Crippen LogP contribution in [0.25, 0.3) is 33.5 Å². The van der Waals surface area contributed by atoms with Gasteiger partial charge in [0, 0.05) is 23.1 Å². The van der Waals surface area contributed by atoms with Crippen LogP contribution in [0.1, 0.15) is 11.3 Å². The molecule has 0 fully saturated rings. The van der Waals surface area contributed by atoms with Gasteiger partial charge in [0.25, 0.3) is 0 Å². The number of para-hydroxylation sites is 1. The van der Waals surface area contributed by atoms with E-state index in [2.05, 4.69) is 59.3 Å². The van der Waals surface area contributed by atoms with Crippen molar-refractivity contribution < 1.29 is 9.21 Å². The van der Waals surface area contributed by atoms with Crippen LogP contribution in [0.4, 0.5) is 0 Å². The van der Waals surface area contributed by atoms with Gasteiger partial charge in [-0.25, -0.2) is 4.98 Å². The third kappa shape index (κ3) is 5.08. The van der Waals surface area contributed by atoms with Crippen molar-refractivity contribution in [1.82, 2.24) is 25.1 Å². The van der Waals surface area contributed by atoms with E-state index in [1.807, 2.05) is 34.9 Å². The van der Waals surface area contributed by atoms with Crippen molar-refractivity contribution >= 4 is 28.6 Å². The van der Waals surface area contributed by atoms with Gasteiger partial charge in [-0.2, -0.15) is 0 Å². The monoisotopic (exact) mass is 495 g/mol. The zero-order valence-corrected chi connectivity index (χ0v) is 20.7. The van der Waals surface area contributed by atoms with Gasteiger partial charge in [0.1, 0.15) is 5.76 Å². The lowest BCUT2D eigenvalue weighted by atomic mass is 10.0. The lowest BCUT2D eigenvalue weighted by Gasteiger charge is -2.12. The van der Waals surface area contributed by atoms with Crippen LogP contribution in [0.15, 0.2) is 95.2 Å². The maximum Gasteiger partial charge on any atom is 0.230 e. The van der Waals surface area contributed by atoms with Crippen LogP contribution >= 0.6 is 11.8 Å². The van der Waals surface area contributed by atoms with Crippen LogP contribution in [0.2, 0.25) is 0 Å². The highest BCUT2D eigenvalue weighted by atomic mass is 32.2. The van der Waals surface area contributed by atoms with Crippen molar-refractivity contribution in [2.45, 2.75) is 25.2 Å². The second kappa shape index (κ2) is 10.6. The van der Waals surface area contributed by atoms with E-state index in [1.54, 1.807) is 18.4 Å². The average Bonchev–Trinajstić information content (AvgIpc) is 3.56. The molecule has 36 heavy (non-hydrogen) atoms. The number of aromatic nitrogens is 4. The number of pyridine rings is 1. The number of carbonyl (C=O) groups excluding carboxylic acids is 1. The van der Waals surface area contributed by atoms with Gasteiger partial charge in [0.2, 0.25) is 5.91 Å². The molecule has 0 saturated carbocycles. The lowest BCUT2D eigenvalue weighted by Crippen LogP contribution is -2.24. The fraction of sp³-hybridized carbons (Fsp3) is 0.143. The minimum Gasteiger partial charge on any atom is -0.467 e. The molecule has 0 aliphatic carbocycles. The van der Waals surface area contributed by atoms with Crippen LogP contribution in [-0.2, 0) is 17.9 Å². The predicted molar refractivity (Wildman–Crippen MR) is 142 cm³/mol. The van der Waals surface area contributed by atoms with Crippen molar-refractivity contribution in [2.75, 3.05) is 5.75 Å². The van der Waals surface area contributed by atoms with Crippen LogP contribution < -0.4 is 5.32 Å². The molecule has 3 heterocycles. The molecule has 0 aliphatic rings. The summed E-state index contributed by atoms with van der Waals surface area (Å²) < 4.78 is 7.25. The Bertz CT molecular complexity index is 1510. The zero-order valence-electron chi connectivity index (χ0n) is 19.8. The first kappa shape index (κ1) is 23.6. The number of benzene rings is 2. The fourth-order valence-electron chi connectivity index (χ4n) is 3.90. The number of furan rings is 1. The minimum atomic E-state index is -0.109. The third-order valence-electron chi connectivity index (χ3n) is 5.71. The normalized spacial score (nSPS) is 11.0. The summed E-state index contributed by atoms with van der Waals surface area (Å²) in [6, 6.07) is 22.0. The Balaban J connectivity index is 1.47. The molecule has 0 radical (unpaired) electrons. The Morgan fingerprint density at radius 1 is 1.11 bits per heavy atom. The molecule has 1 amide bonds. The second-order valence-electron chi connectivity index (χ2n) is 8.29. The maximum absolute atomic E-state index is 12.4. The number of amides is 1. The van der Waals surface area contributed by atoms with E-state index in [0.29, 0.717) is 29.8 Å². The molecular weight excluding hydrogens is 470 g/mol. The van der Waals surface area contributed by atoms with E-state index < -0.39 is 0 Å². The molecule has 5 aromatic rings. The van der Waals surface area contributed by atoms with Gasteiger partial charge < -0.3 is 9.73 Å². The van der Waals surface area contributed by atoms with E-state index in [4.69, 9.17) is 9.40 Å². The molecule has 0 unspecified atom stereocenters. The number of aryl methyl sites for hydroxylation is 1. The third-order valence-corrected chi connectivity index (χ3v) is 6.67. The standard InChI is InChI=1S/C28H25N5O2S/c1-3-14-33-27(31-32-28(33)36-18-26(34)29-17-21-7-6-15-35-21)23-16-25(20-12-10-19(2)11-13-20)30-24-9-5-4-8-22(23)24/h3-13,15-16H,1,14,17-18H2,2H3,(H,29,34). The van der Waals surface area contributed by atoms with Crippen molar-refractivity contribution in [3.63, 3.8) is 0 Å². The van der Waals surface area contributed by atoms with E-state index in [9.17, 15) is 4.79 Å². The summed E-state index contributed by atoms with van der Waals surface area (Å²) in [5.41, 5.74) is 4.90. The largest absolute Gasteiger partial charge is 0.467 e. The van der Waals surface area contributed by atoms with Crippen molar-refractivity contribution in [2.24, 2.45) is 0 Å². The number of rotatable bonds is 9. The Kier molecular flexibility index (Phi) is 6.95. The first-order valence-electron chi connectivity index (χ1n) is 11.6. The highest BCUT2D eigenvalue weighted by Gasteiger charge is 2.18. The highest BCUT2D eigenvalue weighted by molar-refractivity contribution is 7.99. The van der Waals surface area contributed by atoms with Crippen molar-refractivity contribution in [3.8, 4) is 22.6 Å². The topological polar surface area (TPSA) is 85.8 Å². The Labute approximate surface area is 213 Å². The number of fused-ring (bicyclic) bond motifs is 1. The van der Waals surface area contributed by atoms with Crippen molar-refractivity contribution in [3.05, 3.63) is 97.0 Å². The van der Waals surface area contributed by atoms with Gasteiger partial charge in [-0.05, 0) is 31.2 Å². The van der Waals surface area contributed by atoms with Crippen LogP contribution in [0, 0.1) is 6.92 Å². The Hall–Kier alpha value is -4.17. The first-order chi connectivity index (χ1) is 17.6. The average molecular weight is 496 g/mol.